The lowest BCUT2D eigenvalue weighted by molar-refractivity contribution is -0.133. The molecule has 1 atom stereocenters. The second-order valence-corrected chi connectivity index (χ2v) is 6.07. The number of hydrogen-bond acceptors (Lipinski definition) is 4. The van der Waals surface area contributed by atoms with Crippen molar-refractivity contribution >= 4 is 17.7 Å². The number of aromatic nitrogens is 3. The summed E-state index contributed by atoms with van der Waals surface area (Å²) in [5.41, 5.74) is 2.69. The van der Waals surface area contributed by atoms with E-state index in [1.54, 1.807) is 0 Å². The normalized spacial score (nSPS) is 16.3. The van der Waals surface area contributed by atoms with E-state index in [4.69, 9.17) is 5.11 Å². The van der Waals surface area contributed by atoms with Crippen LogP contribution < -0.4 is 0 Å². The zero-order chi connectivity index (χ0) is 14.8. The molecule has 0 saturated carbocycles. The highest BCUT2D eigenvalue weighted by Gasteiger charge is 2.32. The second kappa shape index (κ2) is 5.89. The fourth-order valence-electron chi connectivity index (χ4n) is 2.71. The third-order valence-electron chi connectivity index (χ3n) is 3.68. The molecule has 2 aromatic rings. The molecular weight excluding hydrogens is 286 g/mol. The van der Waals surface area contributed by atoms with Gasteiger partial charge >= 0.3 is 5.97 Å². The average Bonchev–Trinajstić information content (AvgIpc) is 2.81. The molecule has 110 valence electrons. The Morgan fingerprint density at radius 2 is 2.24 bits per heavy atom. The first-order valence-electron chi connectivity index (χ1n) is 7.06. The Morgan fingerprint density at radius 1 is 1.43 bits per heavy atom. The molecule has 0 spiro atoms. The maximum Gasteiger partial charge on any atom is 0.313 e. The van der Waals surface area contributed by atoms with Gasteiger partial charge in [-0.2, -0.15) is 0 Å². The van der Waals surface area contributed by atoms with E-state index in [0.29, 0.717) is 11.1 Å². The topological polar surface area (TPSA) is 68.0 Å². The molecule has 1 aliphatic rings. The van der Waals surface area contributed by atoms with Crippen LogP contribution in [0.3, 0.4) is 0 Å². The van der Waals surface area contributed by atoms with Crippen molar-refractivity contribution in [3.05, 3.63) is 41.2 Å². The number of benzene rings is 1. The molecular formula is C15H17N3O2S. The van der Waals surface area contributed by atoms with Crippen molar-refractivity contribution in [1.29, 1.82) is 0 Å². The van der Waals surface area contributed by atoms with Gasteiger partial charge in [0.1, 0.15) is 5.82 Å². The Kier molecular flexibility index (Phi) is 3.96. The summed E-state index contributed by atoms with van der Waals surface area (Å²) in [7, 11) is 0. The number of aliphatic carboxylic acids is 1. The summed E-state index contributed by atoms with van der Waals surface area (Å²) in [6, 6.07) is 8.39. The Labute approximate surface area is 127 Å². The van der Waals surface area contributed by atoms with Crippen molar-refractivity contribution in [2.45, 2.75) is 37.4 Å². The maximum absolute atomic E-state index is 10.7. The van der Waals surface area contributed by atoms with Gasteiger partial charge in [-0.3, -0.25) is 4.79 Å². The lowest BCUT2D eigenvalue weighted by Gasteiger charge is -2.29. The van der Waals surface area contributed by atoms with Crippen molar-refractivity contribution in [1.82, 2.24) is 14.8 Å². The minimum Gasteiger partial charge on any atom is -0.481 e. The molecule has 0 aliphatic heterocycles. The molecule has 6 heteroatoms. The second-order valence-electron chi connectivity index (χ2n) is 5.13. The number of carboxylic acids is 1. The number of nitrogens with zero attached hydrogens (tertiary/aromatic N) is 3. The third kappa shape index (κ3) is 2.68. The first-order chi connectivity index (χ1) is 10.2. The molecule has 1 heterocycles. The summed E-state index contributed by atoms with van der Waals surface area (Å²) < 4.78 is 2.08. The monoisotopic (exact) mass is 303 g/mol. The maximum atomic E-state index is 10.7. The van der Waals surface area contributed by atoms with E-state index in [1.165, 1.54) is 22.9 Å². The van der Waals surface area contributed by atoms with Crippen LogP contribution in [-0.4, -0.2) is 31.6 Å². The van der Waals surface area contributed by atoms with E-state index in [-0.39, 0.29) is 5.75 Å². The number of carbonyl (C=O) groups is 1. The molecule has 21 heavy (non-hydrogen) atoms. The predicted octanol–water partition coefficient (Wildman–Crippen LogP) is 2.55. The first kappa shape index (κ1) is 14.1. The minimum absolute atomic E-state index is 0.0170. The van der Waals surface area contributed by atoms with Crippen LogP contribution in [-0.2, 0) is 17.8 Å². The lowest BCUT2D eigenvalue weighted by Crippen LogP contribution is -2.22. The van der Waals surface area contributed by atoms with Crippen LogP contribution in [0.4, 0.5) is 0 Å². The van der Waals surface area contributed by atoms with Crippen LogP contribution >= 0.6 is 11.8 Å². The molecule has 1 aliphatic carbocycles. The Bertz CT molecular complexity index is 669. The molecule has 1 aromatic heterocycles. The molecule has 1 N–H and O–H groups in total. The van der Waals surface area contributed by atoms with Gasteiger partial charge in [-0.1, -0.05) is 43.0 Å². The molecule has 0 saturated heterocycles. The first-order valence-corrected chi connectivity index (χ1v) is 8.04. The molecule has 0 fully saturated rings. The highest BCUT2D eigenvalue weighted by molar-refractivity contribution is 7.99. The number of hydrogen-bond donors (Lipinski definition) is 1. The van der Waals surface area contributed by atoms with Crippen LogP contribution in [0.15, 0.2) is 29.4 Å². The van der Waals surface area contributed by atoms with Gasteiger partial charge in [0.15, 0.2) is 5.16 Å². The van der Waals surface area contributed by atoms with Crippen LogP contribution in [0.2, 0.25) is 0 Å². The number of carboxylic acid groups (broad SMARTS) is 1. The van der Waals surface area contributed by atoms with E-state index in [0.717, 1.165) is 25.2 Å². The molecule has 5 nitrogen and oxygen atoms in total. The van der Waals surface area contributed by atoms with E-state index >= 15 is 0 Å². The van der Waals surface area contributed by atoms with Gasteiger partial charge in [-0.25, -0.2) is 0 Å². The van der Waals surface area contributed by atoms with Crippen molar-refractivity contribution in [3.8, 4) is 0 Å². The fraction of sp³-hybridized carbons (Fsp3) is 0.400. The standard InChI is InChI=1S/C15H17N3O2S/c1-2-7-18-14(16-17-15(18)21-9-13(19)20)12-8-10-5-3-4-6-11(10)12/h3-6,12H,2,7-9H2,1H3,(H,19,20). The predicted molar refractivity (Wildman–Crippen MR) is 80.7 cm³/mol. The lowest BCUT2D eigenvalue weighted by atomic mass is 9.77. The van der Waals surface area contributed by atoms with Gasteiger partial charge in [-0.05, 0) is 24.0 Å². The average molecular weight is 303 g/mol. The van der Waals surface area contributed by atoms with Gasteiger partial charge in [0.25, 0.3) is 0 Å². The van der Waals surface area contributed by atoms with Gasteiger partial charge < -0.3 is 9.67 Å². The number of fused-ring (bicyclic) bond motifs is 1. The summed E-state index contributed by atoms with van der Waals surface area (Å²) in [6.07, 6.45) is 1.96. The van der Waals surface area contributed by atoms with Gasteiger partial charge in [0.05, 0.1) is 5.75 Å². The van der Waals surface area contributed by atoms with E-state index in [9.17, 15) is 4.79 Å². The Hall–Kier alpha value is -1.82. The summed E-state index contributed by atoms with van der Waals surface area (Å²) in [5.74, 6) is 0.438. The molecule has 1 unspecified atom stereocenters. The molecule has 1 aromatic carbocycles. The van der Waals surface area contributed by atoms with Crippen LogP contribution in [0, 0.1) is 0 Å². The van der Waals surface area contributed by atoms with Gasteiger partial charge in [-0.15, -0.1) is 10.2 Å². The van der Waals surface area contributed by atoms with Crippen LogP contribution in [0.1, 0.15) is 36.2 Å². The third-order valence-corrected chi connectivity index (χ3v) is 4.64. The highest BCUT2D eigenvalue weighted by atomic mass is 32.2. The molecule has 0 bridgehead atoms. The van der Waals surface area contributed by atoms with Crippen molar-refractivity contribution in [3.63, 3.8) is 0 Å². The number of rotatable bonds is 6. The SMILES string of the molecule is CCCn1c(SCC(=O)O)nnc1C1Cc2ccccc21. The van der Waals surface area contributed by atoms with Gasteiger partial charge in [0.2, 0.25) is 0 Å². The summed E-state index contributed by atoms with van der Waals surface area (Å²) in [5, 5.41) is 18.1. The van der Waals surface area contributed by atoms with E-state index in [2.05, 4.69) is 39.9 Å². The molecule has 0 amide bonds. The number of thioether (sulfide) groups is 1. The van der Waals surface area contributed by atoms with Crippen LogP contribution in [0.25, 0.3) is 0 Å². The zero-order valence-corrected chi connectivity index (χ0v) is 12.6. The van der Waals surface area contributed by atoms with Crippen molar-refractivity contribution in [2.75, 3.05) is 5.75 Å². The Balaban J connectivity index is 1.88. The van der Waals surface area contributed by atoms with Crippen LogP contribution in [0.5, 0.6) is 0 Å². The quantitative estimate of drug-likeness (QED) is 0.831. The van der Waals surface area contributed by atoms with Crippen molar-refractivity contribution in [2.24, 2.45) is 0 Å². The van der Waals surface area contributed by atoms with E-state index < -0.39 is 5.97 Å². The summed E-state index contributed by atoms with van der Waals surface area (Å²) in [6.45, 7) is 2.92. The summed E-state index contributed by atoms with van der Waals surface area (Å²) >= 11 is 1.24. The smallest absolute Gasteiger partial charge is 0.313 e. The van der Waals surface area contributed by atoms with Gasteiger partial charge in [0, 0.05) is 12.5 Å². The largest absolute Gasteiger partial charge is 0.481 e. The minimum atomic E-state index is -0.832. The Morgan fingerprint density at radius 3 is 2.95 bits per heavy atom. The van der Waals surface area contributed by atoms with Crippen molar-refractivity contribution < 1.29 is 9.90 Å². The highest BCUT2D eigenvalue weighted by Crippen LogP contribution is 2.39. The molecule has 3 rings (SSSR count). The van der Waals surface area contributed by atoms with E-state index in [1.807, 2.05) is 6.07 Å². The fourth-order valence-corrected chi connectivity index (χ4v) is 3.41. The molecule has 0 radical (unpaired) electrons. The summed E-state index contributed by atoms with van der Waals surface area (Å²) in [4.78, 5) is 10.7. The zero-order valence-electron chi connectivity index (χ0n) is 11.8.